The molecule has 7 N–H and O–H groups in total. The quantitative estimate of drug-likeness (QED) is 0.208. The summed E-state index contributed by atoms with van der Waals surface area (Å²) in [5.41, 5.74) is 6.68. The highest BCUT2D eigenvalue weighted by Crippen LogP contribution is 2.11. The summed E-state index contributed by atoms with van der Waals surface area (Å²) in [5.74, 6) is -3.26. The van der Waals surface area contributed by atoms with Crippen molar-refractivity contribution in [3.8, 4) is 5.75 Å². The summed E-state index contributed by atoms with van der Waals surface area (Å²) < 4.78 is 0. The molecule has 0 aliphatic rings. The van der Waals surface area contributed by atoms with E-state index < -0.39 is 47.9 Å². The number of benzene rings is 1. The summed E-state index contributed by atoms with van der Waals surface area (Å²) in [4.78, 5) is 48.8. The van der Waals surface area contributed by atoms with Gasteiger partial charge in [-0.1, -0.05) is 32.4 Å². The van der Waals surface area contributed by atoms with E-state index in [9.17, 15) is 24.3 Å². The van der Waals surface area contributed by atoms with Crippen LogP contribution in [0.15, 0.2) is 24.3 Å². The number of carbonyl (C=O) groups is 4. The summed E-state index contributed by atoms with van der Waals surface area (Å²) >= 11 is 4.12. The first-order valence-corrected chi connectivity index (χ1v) is 10.9. The smallest absolute Gasteiger partial charge is 0.325 e. The molecule has 32 heavy (non-hydrogen) atoms. The summed E-state index contributed by atoms with van der Waals surface area (Å²) in [6, 6.07) is 2.14. The molecule has 0 aliphatic heterocycles. The first kappa shape index (κ1) is 27.2. The van der Waals surface area contributed by atoms with Gasteiger partial charge < -0.3 is 31.9 Å². The largest absolute Gasteiger partial charge is 0.508 e. The van der Waals surface area contributed by atoms with Gasteiger partial charge in [-0.2, -0.15) is 12.6 Å². The Morgan fingerprint density at radius 1 is 1.00 bits per heavy atom. The Kier molecular flexibility index (Phi) is 11.0. The number of carbonyl (C=O) groups excluding carboxylic acids is 3. The molecule has 11 heteroatoms. The third-order valence-electron chi connectivity index (χ3n) is 5.07. The fourth-order valence-electron chi connectivity index (χ4n) is 2.77. The van der Waals surface area contributed by atoms with Crippen molar-refractivity contribution in [2.75, 3.05) is 5.75 Å². The van der Waals surface area contributed by atoms with E-state index in [0.29, 0.717) is 6.42 Å². The minimum Gasteiger partial charge on any atom is -0.508 e. The highest BCUT2D eigenvalue weighted by molar-refractivity contribution is 7.80. The molecule has 0 heterocycles. The van der Waals surface area contributed by atoms with Gasteiger partial charge in [-0.3, -0.25) is 19.2 Å². The number of carboxylic acid groups (broad SMARTS) is 1. The topological polar surface area (TPSA) is 171 Å². The number of amides is 3. The number of hydrogen-bond acceptors (Lipinski definition) is 7. The normalized spacial score (nSPS) is 15.5. The predicted molar refractivity (Wildman–Crippen MR) is 122 cm³/mol. The Balaban J connectivity index is 2.79. The van der Waals surface area contributed by atoms with Crippen molar-refractivity contribution >= 4 is 36.3 Å². The highest BCUT2D eigenvalue weighted by atomic mass is 32.1. The lowest BCUT2D eigenvalue weighted by Crippen LogP contribution is -2.59. The molecule has 0 radical (unpaired) electrons. The zero-order valence-corrected chi connectivity index (χ0v) is 19.3. The number of nitrogens with two attached hydrogens (primary N) is 1. The molecular weight excluding hydrogens is 436 g/mol. The van der Waals surface area contributed by atoms with E-state index in [0.717, 1.165) is 5.56 Å². The minimum absolute atomic E-state index is 0.0378. The number of hydrogen-bond donors (Lipinski definition) is 7. The van der Waals surface area contributed by atoms with Gasteiger partial charge in [0, 0.05) is 5.75 Å². The minimum atomic E-state index is -1.20. The third-order valence-corrected chi connectivity index (χ3v) is 5.43. The number of phenolic OH excluding ortho intramolecular Hbond substituents is 1. The van der Waals surface area contributed by atoms with Crippen molar-refractivity contribution in [2.45, 2.75) is 57.8 Å². The Labute approximate surface area is 192 Å². The van der Waals surface area contributed by atoms with Gasteiger partial charge in [0.1, 0.15) is 23.9 Å². The van der Waals surface area contributed by atoms with Crippen LogP contribution in [0.5, 0.6) is 5.75 Å². The molecule has 0 saturated carbocycles. The molecule has 5 atom stereocenters. The van der Waals surface area contributed by atoms with Crippen LogP contribution in [0, 0.1) is 5.92 Å². The van der Waals surface area contributed by atoms with Crippen LogP contribution >= 0.6 is 12.6 Å². The number of rotatable bonds is 12. The molecule has 0 aliphatic carbocycles. The van der Waals surface area contributed by atoms with Gasteiger partial charge >= 0.3 is 5.97 Å². The second-order valence-corrected chi connectivity index (χ2v) is 8.03. The first-order valence-electron chi connectivity index (χ1n) is 10.3. The summed E-state index contributed by atoms with van der Waals surface area (Å²) in [5, 5.41) is 25.8. The van der Waals surface area contributed by atoms with Gasteiger partial charge in [-0.15, -0.1) is 0 Å². The van der Waals surface area contributed by atoms with Gasteiger partial charge in [0.05, 0.1) is 6.04 Å². The molecule has 0 bridgehead atoms. The maximum atomic E-state index is 12.7. The third kappa shape index (κ3) is 8.39. The van der Waals surface area contributed by atoms with Crippen molar-refractivity contribution in [2.24, 2.45) is 11.7 Å². The molecule has 1 aromatic carbocycles. The van der Waals surface area contributed by atoms with E-state index in [1.165, 1.54) is 19.1 Å². The second-order valence-electron chi connectivity index (χ2n) is 7.66. The maximum Gasteiger partial charge on any atom is 0.325 e. The van der Waals surface area contributed by atoms with Gasteiger partial charge in [0.15, 0.2) is 0 Å². The standard InChI is InChI=1S/C21H32N4O6S/c1-4-11(2)17(20(29)23-12(3)21(30)31)25-19(28)16(10-32)24-18(27)15(22)9-13-5-7-14(26)8-6-13/h5-8,11-12,15-17,26,32H,4,9-10,22H2,1-3H3,(H,23,29)(H,24,27)(H,25,28)(H,30,31). The molecular formula is C21H32N4O6S. The molecule has 1 aromatic rings. The van der Waals surface area contributed by atoms with Crippen LogP contribution in [0.3, 0.4) is 0 Å². The van der Waals surface area contributed by atoms with Crippen LogP contribution in [0.2, 0.25) is 0 Å². The van der Waals surface area contributed by atoms with E-state index in [4.69, 9.17) is 10.8 Å². The second kappa shape index (κ2) is 12.9. The molecule has 0 aromatic heterocycles. The number of aromatic hydroxyl groups is 1. The molecule has 5 unspecified atom stereocenters. The average molecular weight is 469 g/mol. The van der Waals surface area contributed by atoms with Crippen molar-refractivity contribution in [3.05, 3.63) is 29.8 Å². The molecule has 0 fully saturated rings. The number of thiol groups is 1. The van der Waals surface area contributed by atoms with E-state index in [1.54, 1.807) is 19.1 Å². The molecule has 178 valence electrons. The zero-order valence-electron chi connectivity index (χ0n) is 18.4. The predicted octanol–water partition coefficient (Wildman–Crippen LogP) is -0.203. The maximum absolute atomic E-state index is 12.7. The van der Waals surface area contributed by atoms with Crippen molar-refractivity contribution < 1.29 is 29.4 Å². The van der Waals surface area contributed by atoms with Gasteiger partial charge in [0.2, 0.25) is 17.7 Å². The van der Waals surface area contributed by atoms with Crippen LogP contribution < -0.4 is 21.7 Å². The van der Waals surface area contributed by atoms with Gasteiger partial charge in [0.25, 0.3) is 0 Å². The van der Waals surface area contributed by atoms with Crippen molar-refractivity contribution in [1.29, 1.82) is 0 Å². The SMILES string of the molecule is CCC(C)C(NC(=O)C(CS)NC(=O)C(N)Cc1ccc(O)cc1)C(=O)NC(C)C(=O)O. The summed E-state index contributed by atoms with van der Waals surface area (Å²) in [7, 11) is 0. The van der Waals surface area contributed by atoms with Crippen LogP contribution in [0.25, 0.3) is 0 Å². The fraction of sp³-hybridized carbons (Fsp3) is 0.524. The highest BCUT2D eigenvalue weighted by Gasteiger charge is 2.31. The zero-order chi connectivity index (χ0) is 24.4. The van der Waals surface area contributed by atoms with E-state index in [-0.39, 0.29) is 23.8 Å². The van der Waals surface area contributed by atoms with Crippen molar-refractivity contribution in [3.63, 3.8) is 0 Å². The summed E-state index contributed by atoms with van der Waals surface area (Å²) in [6.45, 7) is 4.90. The Morgan fingerprint density at radius 2 is 1.59 bits per heavy atom. The molecule has 10 nitrogen and oxygen atoms in total. The van der Waals surface area contributed by atoms with E-state index >= 15 is 0 Å². The Hall–Kier alpha value is -2.79. The lowest BCUT2D eigenvalue weighted by Gasteiger charge is -2.27. The number of aliphatic carboxylic acids is 1. The van der Waals surface area contributed by atoms with Crippen LogP contribution in [-0.2, 0) is 25.6 Å². The molecule has 3 amide bonds. The number of nitrogens with one attached hydrogen (secondary N) is 3. The van der Waals surface area contributed by atoms with Crippen molar-refractivity contribution in [1.82, 2.24) is 16.0 Å². The molecule has 0 saturated heterocycles. The Bertz CT molecular complexity index is 804. The number of carboxylic acids is 1. The van der Waals surface area contributed by atoms with Gasteiger partial charge in [-0.05, 0) is 37.0 Å². The monoisotopic (exact) mass is 468 g/mol. The van der Waals surface area contributed by atoms with Gasteiger partial charge in [-0.25, -0.2) is 0 Å². The molecule has 1 rings (SSSR count). The van der Waals surface area contributed by atoms with E-state index in [2.05, 4.69) is 28.6 Å². The molecule has 0 spiro atoms. The summed E-state index contributed by atoms with van der Waals surface area (Å²) in [6.07, 6.45) is 0.743. The Morgan fingerprint density at radius 3 is 2.09 bits per heavy atom. The first-order chi connectivity index (χ1) is 15.0. The van der Waals surface area contributed by atoms with Crippen LogP contribution in [-0.4, -0.2) is 63.8 Å². The lowest BCUT2D eigenvalue weighted by atomic mass is 9.97. The van der Waals surface area contributed by atoms with Crippen LogP contribution in [0.1, 0.15) is 32.8 Å². The van der Waals surface area contributed by atoms with Crippen LogP contribution in [0.4, 0.5) is 0 Å². The average Bonchev–Trinajstić information content (AvgIpc) is 2.75. The van der Waals surface area contributed by atoms with E-state index in [1.807, 2.05) is 6.92 Å². The number of phenols is 1. The fourth-order valence-corrected chi connectivity index (χ4v) is 3.03. The lowest BCUT2D eigenvalue weighted by molar-refractivity contribution is -0.142.